The first-order valence-electron chi connectivity index (χ1n) is 6.36. The van der Waals surface area contributed by atoms with E-state index < -0.39 is 10.1 Å². The molecule has 0 N–H and O–H groups in total. The molecule has 0 spiro atoms. The molecular formula is C15H24O3S. The quantitative estimate of drug-likeness (QED) is 0.779. The molecule has 0 atom stereocenters. The van der Waals surface area contributed by atoms with Crippen molar-refractivity contribution in [3.05, 3.63) is 29.3 Å². The zero-order valence-electron chi connectivity index (χ0n) is 12.9. The van der Waals surface area contributed by atoms with Gasteiger partial charge in [0, 0.05) is 5.56 Å². The molecule has 4 heteroatoms. The summed E-state index contributed by atoms with van der Waals surface area (Å²) >= 11 is 0. The molecule has 0 aromatic heterocycles. The fourth-order valence-corrected chi connectivity index (χ4v) is 2.63. The highest BCUT2D eigenvalue weighted by Crippen LogP contribution is 2.40. The lowest BCUT2D eigenvalue weighted by molar-refractivity contribution is 0.465. The fourth-order valence-electron chi connectivity index (χ4n) is 2.16. The minimum absolute atomic E-state index is 0.0700. The molecular weight excluding hydrogens is 260 g/mol. The molecule has 0 aliphatic carbocycles. The summed E-state index contributed by atoms with van der Waals surface area (Å²) in [5.74, 6) is 0.433. The van der Waals surface area contributed by atoms with Crippen molar-refractivity contribution in [2.45, 2.75) is 52.4 Å². The topological polar surface area (TPSA) is 43.4 Å². The predicted octanol–water partition coefficient (Wildman–Crippen LogP) is 3.62. The maximum atomic E-state index is 11.4. The van der Waals surface area contributed by atoms with Crippen molar-refractivity contribution in [2.75, 3.05) is 6.26 Å². The van der Waals surface area contributed by atoms with Crippen LogP contribution in [0.1, 0.15) is 52.7 Å². The van der Waals surface area contributed by atoms with Crippen LogP contribution >= 0.6 is 0 Å². The highest BCUT2D eigenvalue weighted by Gasteiger charge is 2.29. The van der Waals surface area contributed by atoms with Crippen LogP contribution in [0.4, 0.5) is 0 Å². The zero-order chi connectivity index (χ0) is 15.1. The summed E-state index contributed by atoms with van der Waals surface area (Å²) in [5.41, 5.74) is 1.80. The SMILES string of the molecule is CC(C)(C)c1cccc(OS(C)(=O)=O)c1C(C)(C)C. The smallest absolute Gasteiger partial charge is 0.306 e. The van der Waals surface area contributed by atoms with Crippen molar-refractivity contribution < 1.29 is 12.6 Å². The number of hydrogen-bond acceptors (Lipinski definition) is 3. The lowest BCUT2D eigenvalue weighted by atomic mass is 9.75. The van der Waals surface area contributed by atoms with Crippen LogP contribution in [-0.2, 0) is 20.9 Å². The minimum Gasteiger partial charge on any atom is -0.382 e. The summed E-state index contributed by atoms with van der Waals surface area (Å²) in [4.78, 5) is 0. The normalized spacial score (nSPS) is 13.4. The predicted molar refractivity (Wildman–Crippen MR) is 79.3 cm³/mol. The van der Waals surface area contributed by atoms with Gasteiger partial charge in [-0.05, 0) is 22.5 Å². The van der Waals surface area contributed by atoms with E-state index in [2.05, 4.69) is 41.5 Å². The van der Waals surface area contributed by atoms with E-state index in [0.717, 1.165) is 17.4 Å². The average molecular weight is 284 g/mol. The molecule has 0 fully saturated rings. The van der Waals surface area contributed by atoms with Crippen molar-refractivity contribution in [2.24, 2.45) is 0 Å². The summed E-state index contributed by atoms with van der Waals surface area (Å²) < 4.78 is 28.0. The van der Waals surface area contributed by atoms with Gasteiger partial charge in [-0.25, -0.2) is 0 Å². The first-order valence-corrected chi connectivity index (χ1v) is 8.17. The molecule has 108 valence electrons. The van der Waals surface area contributed by atoms with E-state index in [4.69, 9.17) is 4.18 Å². The van der Waals surface area contributed by atoms with Crippen LogP contribution in [0.2, 0.25) is 0 Å². The summed E-state index contributed by atoms with van der Waals surface area (Å²) in [6.45, 7) is 12.5. The largest absolute Gasteiger partial charge is 0.382 e. The van der Waals surface area contributed by atoms with Crippen molar-refractivity contribution in [3.63, 3.8) is 0 Å². The van der Waals surface area contributed by atoms with E-state index in [-0.39, 0.29) is 10.8 Å². The number of rotatable bonds is 2. The maximum absolute atomic E-state index is 11.4. The molecule has 0 saturated carbocycles. The van der Waals surface area contributed by atoms with Crippen LogP contribution in [-0.4, -0.2) is 14.7 Å². The van der Waals surface area contributed by atoms with Crippen LogP contribution in [0.5, 0.6) is 5.75 Å². The summed E-state index contributed by atoms with van der Waals surface area (Å²) in [6.07, 6.45) is 1.07. The standard InChI is InChI=1S/C15H24O3S/c1-14(2,3)11-9-8-10-12(18-19(7,16)17)13(11)15(4,5)6/h8-10H,1-7H3. The Bertz CT molecular complexity index is 558. The van der Waals surface area contributed by atoms with Crippen molar-refractivity contribution >= 4 is 10.1 Å². The average Bonchev–Trinajstić information content (AvgIpc) is 2.11. The molecule has 1 rings (SSSR count). The van der Waals surface area contributed by atoms with E-state index in [0.29, 0.717) is 5.75 Å². The Morgan fingerprint density at radius 3 is 1.84 bits per heavy atom. The van der Waals surface area contributed by atoms with Crippen molar-refractivity contribution in [1.29, 1.82) is 0 Å². The van der Waals surface area contributed by atoms with Crippen LogP contribution in [0.25, 0.3) is 0 Å². The van der Waals surface area contributed by atoms with Crippen LogP contribution in [0, 0.1) is 0 Å². The van der Waals surface area contributed by atoms with Crippen molar-refractivity contribution in [1.82, 2.24) is 0 Å². The summed E-state index contributed by atoms with van der Waals surface area (Å²) in [5, 5.41) is 0. The molecule has 0 aliphatic rings. The third kappa shape index (κ3) is 4.23. The van der Waals surface area contributed by atoms with E-state index in [9.17, 15) is 8.42 Å². The molecule has 1 aromatic rings. The minimum atomic E-state index is -3.52. The highest BCUT2D eigenvalue weighted by molar-refractivity contribution is 7.86. The fraction of sp³-hybridized carbons (Fsp3) is 0.600. The van der Waals surface area contributed by atoms with Gasteiger partial charge in [-0.15, -0.1) is 0 Å². The Morgan fingerprint density at radius 1 is 0.947 bits per heavy atom. The van der Waals surface area contributed by atoms with Gasteiger partial charge < -0.3 is 4.18 Å². The van der Waals surface area contributed by atoms with Gasteiger partial charge in [-0.1, -0.05) is 53.7 Å². The van der Waals surface area contributed by atoms with Gasteiger partial charge in [0.15, 0.2) is 0 Å². The molecule has 0 aliphatic heterocycles. The Balaban J connectivity index is 3.58. The molecule has 19 heavy (non-hydrogen) atoms. The molecule has 3 nitrogen and oxygen atoms in total. The third-order valence-corrected chi connectivity index (χ3v) is 3.31. The molecule has 0 saturated heterocycles. The second-order valence-corrected chi connectivity index (χ2v) is 8.54. The third-order valence-electron chi connectivity index (χ3n) is 2.83. The van der Waals surface area contributed by atoms with Gasteiger partial charge in [0.2, 0.25) is 0 Å². The first kappa shape index (κ1) is 16.0. The second kappa shape index (κ2) is 4.82. The molecule has 0 radical (unpaired) electrons. The van der Waals surface area contributed by atoms with Crippen LogP contribution in [0.15, 0.2) is 18.2 Å². The zero-order valence-corrected chi connectivity index (χ0v) is 13.7. The van der Waals surface area contributed by atoms with Gasteiger partial charge in [0.25, 0.3) is 0 Å². The lowest BCUT2D eigenvalue weighted by Crippen LogP contribution is -2.23. The van der Waals surface area contributed by atoms with Gasteiger partial charge >= 0.3 is 10.1 Å². The van der Waals surface area contributed by atoms with Gasteiger partial charge in [0.05, 0.1) is 6.26 Å². The Morgan fingerprint density at radius 2 is 1.47 bits per heavy atom. The lowest BCUT2D eigenvalue weighted by Gasteiger charge is -2.31. The highest BCUT2D eigenvalue weighted by atomic mass is 32.2. The van der Waals surface area contributed by atoms with Gasteiger partial charge in [-0.2, -0.15) is 8.42 Å². The first-order chi connectivity index (χ1) is 8.32. The number of hydrogen-bond donors (Lipinski definition) is 0. The summed E-state index contributed by atoms with van der Waals surface area (Å²) in [7, 11) is -3.52. The Labute approximate surface area is 117 Å². The van der Waals surface area contributed by atoms with Crippen LogP contribution < -0.4 is 4.18 Å². The molecule has 0 bridgehead atoms. The molecule has 0 heterocycles. The molecule has 1 aromatic carbocycles. The van der Waals surface area contributed by atoms with Gasteiger partial charge in [-0.3, -0.25) is 0 Å². The molecule has 0 amide bonds. The Hall–Kier alpha value is -1.03. The van der Waals surface area contributed by atoms with Crippen LogP contribution in [0.3, 0.4) is 0 Å². The second-order valence-electron chi connectivity index (χ2n) is 6.97. The van der Waals surface area contributed by atoms with E-state index >= 15 is 0 Å². The maximum Gasteiger partial charge on any atom is 0.306 e. The molecule has 0 unspecified atom stereocenters. The Kier molecular flexibility index (Phi) is 4.06. The summed E-state index contributed by atoms with van der Waals surface area (Å²) in [6, 6.07) is 5.60. The monoisotopic (exact) mass is 284 g/mol. The van der Waals surface area contributed by atoms with E-state index in [1.54, 1.807) is 6.07 Å². The number of benzene rings is 1. The van der Waals surface area contributed by atoms with Gasteiger partial charge in [0.1, 0.15) is 5.75 Å². The van der Waals surface area contributed by atoms with Crippen molar-refractivity contribution in [3.8, 4) is 5.75 Å². The van der Waals surface area contributed by atoms with E-state index in [1.165, 1.54) is 0 Å². The van der Waals surface area contributed by atoms with E-state index in [1.807, 2.05) is 12.1 Å².